The van der Waals surface area contributed by atoms with Crippen LogP contribution in [-0.2, 0) is 18.7 Å². The number of aliphatic hydroxyl groups is 2. The second-order valence-corrected chi connectivity index (χ2v) is 17.5. The lowest BCUT2D eigenvalue weighted by Gasteiger charge is -2.49. The number of aliphatic hydroxyl groups excluding tert-OH is 1. The third-order valence-electron chi connectivity index (χ3n) is 11.3. The molecule has 5 fully saturated rings. The number of ketones is 1. The number of fused-ring (bicyclic) bond motifs is 5. The van der Waals surface area contributed by atoms with Gasteiger partial charge in [0.25, 0.3) is 0 Å². The Labute approximate surface area is 204 Å². The summed E-state index contributed by atoms with van der Waals surface area (Å²) in [6.45, 7) is 14.6. The number of carbonyl (C=O) groups excluding carboxylic acids is 2. The van der Waals surface area contributed by atoms with Gasteiger partial charge in [0, 0.05) is 12.3 Å². The van der Waals surface area contributed by atoms with Crippen molar-refractivity contribution in [3.8, 4) is 0 Å². The Morgan fingerprint density at radius 3 is 2.29 bits per heavy atom. The van der Waals surface area contributed by atoms with Crippen LogP contribution in [0.2, 0.25) is 18.1 Å². The molecule has 1 spiro atoms. The normalized spacial score (nSPS) is 50.9. The molecule has 1 aliphatic heterocycles. The van der Waals surface area contributed by atoms with E-state index in [2.05, 4.69) is 34.6 Å². The first kappa shape index (κ1) is 24.7. The third kappa shape index (κ3) is 2.74. The third-order valence-corrected chi connectivity index (χ3v) is 15.9. The van der Waals surface area contributed by atoms with Gasteiger partial charge in [-0.2, -0.15) is 0 Å². The maximum atomic E-state index is 14.6. The van der Waals surface area contributed by atoms with E-state index >= 15 is 0 Å². The van der Waals surface area contributed by atoms with Gasteiger partial charge in [-0.05, 0) is 61.1 Å². The SMILES string of the molecule is CC[Si](CC)(CC)O[C@H]1C[C@@H]2C(=O)[C@@]3(C[C@]4(C)OC(=O)O[C@@H]4[C@@]3(O)[C@@H]1O)[C@H](C)C[C@@H]1[C@H]2C1(C)C. The molecule has 34 heavy (non-hydrogen) atoms. The van der Waals surface area contributed by atoms with Crippen LogP contribution in [0.3, 0.4) is 0 Å². The minimum absolute atomic E-state index is 0.0118. The van der Waals surface area contributed by atoms with E-state index in [-0.39, 0.29) is 35.4 Å². The van der Waals surface area contributed by atoms with Gasteiger partial charge in [0.05, 0.1) is 11.5 Å². The fourth-order valence-electron chi connectivity index (χ4n) is 9.08. The summed E-state index contributed by atoms with van der Waals surface area (Å²) in [4.78, 5) is 26.8. The van der Waals surface area contributed by atoms with E-state index in [9.17, 15) is 19.8 Å². The molecule has 0 aromatic carbocycles. The van der Waals surface area contributed by atoms with E-state index < -0.39 is 49.4 Å². The molecule has 4 saturated carbocycles. The van der Waals surface area contributed by atoms with E-state index in [1.165, 1.54) is 0 Å². The average Bonchev–Trinajstić information content (AvgIpc) is 3.11. The van der Waals surface area contributed by atoms with E-state index in [0.29, 0.717) is 12.3 Å². The van der Waals surface area contributed by atoms with Gasteiger partial charge in [-0.3, -0.25) is 4.79 Å². The van der Waals surface area contributed by atoms with Crippen LogP contribution >= 0.6 is 0 Å². The molecule has 0 aromatic rings. The van der Waals surface area contributed by atoms with Gasteiger partial charge >= 0.3 is 6.16 Å². The highest BCUT2D eigenvalue weighted by Crippen LogP contribution is 2.74. The molecule has 0 aromatic heterocycles. The van der Waals surface area contributed by atoms with Crippen molar-refractivity contribution in [1.82, 2.24) is 0 Å². The lowest BCUT2D eigenvalue weighted by atomic mass is 9.59. The quantitative estimate of drug-likeness (QED) is 0.439. The second kappa shape index (κ2) is 7.30. The molecular formula is C26H42O7Si. The fourth-order valence-corrected chi connectivity index (χ4v) is 11.9. The standard InChI is InChI=1S/C26H42O7Si/c1-8-34(9-2,10-3)33-17-12-15-18-16(23(18,5)6)11-14(4)25(19(15)27)13-24(7)21(31-22(29)32-24)26(25,30)20(17)28/h14-18,20-21,28,30H,8-13H2,1-7H3/t14-,15+,16-,17+,18+,20-,21+,24+,25-,26+/m1/s1. The Hall–Kier alpha value is -0.963. The Kier molecular flexibility index (Phi) is 5.30. The zero-order valence-corrected chi connectivity index (χ0v) is 22.7. The number of hydrogen-bond acceptors (Lipinski definition) is 7. The molecule has 192 valence electrons. The maximum absolute atomic E-state index is 14.6. The summed E-state index contributed by atoms with van der Waals surface area (Å²) in [6.07, 6.45) is -2.61. The van der Waals surface area contributed by atoms with Gasteiger partial charge in [-0.1, -0.05) is 41.5 Å². The van der Waals surface area contributed by atoms with E-state index in [1.54, 1.807) is 6.92 Å². The molecular weight excluding hydrogens is 452 g/mol. The van der Waals surface area contributed by atoms with Crippen LogP contribution < -0.4 is 0 Å². The molecule has 4 aliphatic carbocycles. The van der Waals surface area contributed by atoms with Crippen LogP contribution in [0.4, 0.5) is 4.79 Å². The summed E-state index contributed by atoms with van der Waals surface area (Å²) in [6, 6.07) is 2.70. The van der Waals surface area contributed by atoms with Crippen LogP contribution in [-0.4, -0.2) is 60.0 Å². The predicted octanol–water partition coefficient (Wildman–Crippen LogP) is 4.05. The summed E-state index contributed by atoms with van der Waals surface area (Å²) >= 11 is 0. The molecule has 1 heterocycles. The molecule has 0 amide bonds. The maximum Gasteiger partial charge on any atom is 0.509 e. The molecule has 10 atom stereocenters. The van der Waals surface area contributed by atoms with Crippen molar-refractivity contribution in [3.63, 3.8) is 0 Å². The first-order chi connectivity index (χ1) is 15.8. The molecule has 0 unspecified atom stereocenters. The minimum Gasteiger partial charge on any atom is -0.424 e. The van der Waals surface area contributed by atoms with Crippen LogP contribution in [0.25, 0.3) is 0 Å². The minimum atomic E-state index is -2.18. The van der Waals surface area contributed by atoms with Crippen molar-refractivity contribution >= 4 is 20.3 Å². The number of carbonyl (C=O) groups is 2. The van der Waals surface area contributed by atoms with Gasteiger partial charge < -0.3 is 24.1 Å². The smallest absolute Gasteiger partial charge is 0.424 e. The molecule has 2 bridgehead atoms. The highest BCUT2D eigenvalue weighted by Gasteiger charge is 2.84. The van der Waals surface area contributed by atoms with Crippen LogP contribution in [0.15, 0.2) is 0 Å². The molecule has 7 nitrogen and oxygen atoms in total. The van der Waals surface area contributed by atoms with Gasteiger partial charge in [-0.25, -0.2) is 4.79 Å². The Balaban J connectivity index is 1.69. The van der Waals surface area contributed by atoms with Crippen molar-refractivity contribution in [2.24, 2.45) is 34.5 Å². The average molecular weight is 495 g/mol. The largest absolute Gasteiger partial charge is 0.509 e. The Bertz CT molecular complexity index is 893. The number of hydrogen-bond donors (Lipinski definition) is 2. The number of Topliss-reactive ketones (excluding diaryl/α,β-unsaturated/α-hetero) is 1. The molecule has 5 rings (SSSR count). The molecule has 8 heteroatoms. The number of rotatable bonds is 5. The fraction of sp³-hybridized carbons (Fsp3) is 0.923. The Morgan fingerprint density at radius 1 is 1.09 bits per heavy atom. The molecule has 0 radical (unpaired) electrons. The summed E-state index contributed by atoms with van der Waals surface area (Å²) in [5.41, 5.74) is -4.32. The van der Waals surface area contributed by atoms with Crippen LogP contribution in [0, 0.1) is 34.5 Å². The molecule has 2 N–H and O–H groups in total. The summed E-state index contributed by atoms with van der Waals surface area (Å²) in [7, 11) is -2.18. The van der Waals surface area contributed by atoms with Crippen molar-refractivity contribution in [1.29, 1.82) is 0 Å². The van der Waals surface area contributed by atoms with Crippen LogP contribution in [0.1, 0.15) is 67.7 Å². The topological polar surface area (TPSA) is 102 Å². The first-order valence-electron chi connectivity index (χ1n) is 13.3. The van der Waals surface area contributed by atoms with Crippen LogP contribution in [0.5, 0.6) is 0 Å². The van der Waals surface area contributed by atoms with Crippen molar-refractivity contribution < 1.29 is 33.7 Å². The van der Waals surface area contributed by atoms with E-state index in [1.807, 2.05) is 6.92 Å². The van der Waals surface area contributed by atoms with E-state index in [0.717, 1.165) is 24.6 Å². The summed E-state index contributed by atoms with van der Waals surface area (Å²) < 4.78 is 18.0. The van der Waals surface area contributed by atoms with Crippen molar-refractivity contribution in [3.05, 3.63) is 0 Å². The van der Waals surface area contributed by atoms with Gasteiger partial charge in [-0.15, -0.1) is 0 Å². The summed E-state index contributed by atoms with van der Waals surface area (Å²) in [5, 5.41) is 24.6. The Morgan fingerprint density at radius 2 is 1.71 bits per heavy atom. The number of ether oxygens (including phenoxy) is 2. The molecule has 1 saturated heterocycles. The predicted molar refractivity (Wildman–Crippen MR) is 127 cm³/mol. The summed E-state index contributed by atoms with van der Waals surface area (Å²) in [5.74, 6) is 0.123. The lowest BCUT2D eigenvalue weighted by molar-refractivity contribution is -0.213. The van der Waals surface area contributed by atoms with E-state index in [4.69, 9.17) is 13.9 Å². The zero-order chi connectivity index (χ0) is 25.1. The highest BCUT2D eigenvalue weighted by atomic mass is 28.4. The second-order valence-electron chi connectivity index (χ2n) is 12.8. The monoisotopic (exact) mass is 494 g/mol. The van der Waals surface area contributed by atoms with Gasteiger partial charge in [0.2, 0.25) is 0 Å². The zero-order valence-electron chi connectivity index (χ0n) is 21.7. The van der Waals surface area contributed by atoms with Crippen molar-refractivity contribution in [2.75, 3.05) is 0 Å². The first-order valence-corrected chi connectivity index (χ1v) is 15.8. The van der Waals surface area contributed by atoms with Gasteiger partial charge in [0.15, 0.2) is 20.0 Å². The molecule has 5 aliphatic rings. The van der Waals surface area contributed by atoms with Crippen molar-refractivity contribution in [2.45, 2.75) is 115 Å². The lowest BCUT2D eigenvalue weighted by Crippen LogP contribution is -2.67. The highest BCUT2D eigenvalue weighted by molar-refractivity contribution is 6.73. The van der Waals surface area contributed by atoms with Gasteiger partial charge in [0.1, 0.15) is 17.5 Å².